The Balaban J connectivity index is 1.95. The minimum Gasteiger partial charge on any atom is -0.349 e. The lowest BCUT2D eigenvalue weighted by atomic mass is 10.1. The van der Waals surface area contributed by atoms with Gasteiger partial charge in [0.1, 0.15) is 5.69 Å². The van der Waals surface area contributed by atoms with E-state index in [4.69, 9.17) is 0 Å². The van der Waals surface area contributed by atoms with E-state index < -0.39 is 0 Å². The van der Waals surface area contributed by atoms with Crippen molar-refractivity contribution in [3.05, 3.63) is 29.8 Å². The van der Waals surface area contributed by atoms with Crippen molar-refractivity contribution in [2.45, 2.75) is 40.3 Å². The number of amides is 1. The first-order valence-corrected chi connectivity index (χ1v) is 7.29. The zero-order chi connectivity index (χ0) is 15.2. The molecule has 0 radical (unpaired) electrons. The van der Waals surface area contributed by atoms with Crippen molar-refractivity contribution in [1.29, 1.82) is 0 Å². The van der Waals surface area contributed by atoms with Crippen molar-refractivity contribution >= 4 is 5.91 Å². The highest BCUT2D eigenvalue weighted by Crippen LogP contribution is 2.10. The fourth-order valence-electron chi connectivity index (χ4n) is 2.14. The van der Waals surface area contributed by atoms with Gasteiger partial charge in [0.25, 0.3) is 5.91 Å². The largest absolute Gasteiger partial charge is 0.349 e. The summed E-state index contributed by atoms with van der Waals surface area (Å²) in [6.45, 7) is 8.06. The Bertz CT molecular complexity index is 572. The van der Waals surface area contributed by atoms with E-state index in [2.05, 4.69) is 34.6 Å². The van der Waals surface area contributed by atoms with Crippen molar-refractivity contribution in [3.8, 4) is 0 Å². The van der Waals surface area contributed by atoms with Gasteiger partial charge in [-0.25, -0.2) is 0 Å². The summed E-state index contributed by atoms with van der Waals surface area (Å²) in [6, 6.07) is 1.88. The number of aromatic nitrogens is 5. The summed E-state index contributed by atoms with van der Waals surface area (Å²) >= 11 is 0. The summed E-state index contributed by atoms with van der Waals surface area (Å²) in [5, 5.41) is 14.9. The van der Waals surface area contributed by atoms with Gasteiger partial charge in [-0.1, -0.05) is 19.1 Å². The smallest absolute Gasteiger partial charge is 0.269 e. The first kappa shape index (κ1) is 15.2. The molecule has 0 aliphatic heterocycles. The molecular formula is C14H22N6O. The van der Waals surface area contributed by atoms with Crippen LogP contribution in [0.25, 0.3) is 0 Å². The summed E-state index contributed by atoms with van der Waals surface area (Å²) in [6.07, 6.45) is 4.27. The van der Waals surface area contributed by atoms with E-state index in [0.717, 1.165) is 12.1 Å². The Morgan fingerprint density at radius 3 is 2.86 bits per heavy atom. The molecule has 21 heavy (non-hydrogen) atoms. The fourth-order valence-corrected chi connectivity index (χ4v) is 2.14. The predicted octanol–water partition coefficient (Wildman–Crippen LogP) is 1.12. The van der Waals surface area contributed by atoms with Crippen molar-refractivity contribution in [2.75, 3.05) is 6.54 Å². The first-order chi connectivity index (χ1) is 10.1. The van der Waals surface area contributed by atoms with Crippen LogP contribution in [0.3, 0.4) is 0 Å². The van der Waals surface area contributed by atoms with Crippen molar-refractivity contribution in [2.24, 2.45) is 5.92 Å². The molecule has 7 nitrogen and oxygen atoms in total. The van der Waals surface area contributed by atoms with Crippen LogP contribution in [0.15, 0.2) is 18.5 Å². The second-order valence-electron chi connectivity index (χ2n) is 5.36. The molecule has 0 bridgehead atoms. The number of carbonyl (C=O) groups excluding carboxylic acids is 1. The number of carbonyl (C=O) groups is 1. The summed E-state index contributed by atoms with van der Waals surface area (Å²) in [4.78, 5) is 12.2. The molecule has 7 heteroatoms. The van der Waals surface area contributed by atoms with Crippen molar-refractivity contribution < 1.29 is 4.79 Å². The standard InChI is InChI=1S/C14H22N6O/c1-4-20-13(10-12(17-20)9-11(2)3)14(21)15-5-7-19-8-6-16-18-19/h6,8,10-11H,4-5,7,9H2,1-3H3,(H,15,21). The first-order valence-electron chi connectivity index (χ1n) is 7.29. The molecule has 1 amide bonds. The average Bonchev–Trinajstić information content (AvgIpc) is 3.07. The highest BCUT2D eigenvalue weighted by atomic mass is 16.2. The zero-order valence-corrected chi connectivity index (χ0v) is 12.8. The lowest BCUT2D eigenvalue weighted by Crippen LogP contribution is -2.29. The zero-order valence-electron chi connectivity index (χ0n) is 12.8. The van der Waals surface area contributed by atoms with E-state index in [1.165, 1.54) is 0 Å². The van der Waals surface area contributed by atoms with Gasteiger partial charge in [0.15, 0.2) is 0 Å². The van der Waals surface area contributed by atoms with Gasteiger partial charge in [0.05, 0.1) is 18.4 Å². The van der Waals surface area contributed by atoms with Gasteiger partial charge in [-0.3, -0.25) is 14.2 Å². The number of rotatable bonds is 7. The highest BCUT2D eigenvalue weighted by Gasteiger charge is 2.14. The summed E-state index contributed by atoms with van der Waals surface area (Å²) in [5.74, 6) is 0.424. The molecule has 114 valence electrons. The van der Waals surface area contributed by atoms with Crippen molar-refractivity contribution in [3.63, 3.8) is 0 Å². The van der Waals surface area contributed by atoms with Gasteiger partial charge in [0, 0.05) is 19.3 Å². The quantitative estimate of drug-likeness (QED) is 0.829. The third kappa shape index (κ3) is 4.14. The maximum absolute atomic E-state index is 12.2. The number of hydrogen-bond acceptors (Lipinski definition) is 4. The minimum absolute atomic E-state index is 0.0977. The van der Waals surface area contributed by atoms with E-state index in [9.17, 15) is 4.79 Å². The highest BCUT2D eigenvalue weighted by molar-refractivity contribution is 5.92. The number of hydrogen-bond donors (Lipinski definition) is 1. The van der Waals surface area contributed by atoms with Crippen LogP contribution in [-0.4, -0.2) is 37.2 Å². The Kier molecular flexibility index (Phi) is 5.08. The van der Waals surface area contributed by atoms with Gasteiger partial charge in [-0.15, -0.1) is 5.10 Å². The van der Waals surface area contributed by atoms with Crippen LogP contribution >= 0.6 is 0 Å². The number of nitrogens with one attached hydrogen (secondary N) is 1. The summed E-state index contributed by atoms with van der Waals surface area (Å²) in [5.41, 5.74) is 1.58. The van der Waals surface area contributed by atoms with E-state index in [-0.39, 0.29) is 5.91 Å². The third-order valence-corrected chi connectivity index (χ3v) is 3.08. The summed E-state index contributed by atoms with van der Waals surface area (Å²) in [7, 11) is 0. The molecule has 1 N–H and O–H groups in total. The normalized spacial score (nSPS) is 11.0. The van der Waals surface area contributed by atoms with E-state index >= 15 is 0 Å². The second kappa shape index (κ2) is 7.01. The molecule has 0 saturated carbocycles. The third-order valence-electron chi connectivity index (χ3n) is 3.08. The van der Waals surface area contributed by atoms with Gasteiger partial charge in [-0.05, 0) is 25.3 Å². The van der Waals surface area contributed by atoms with Crippen LogP contribution < -0.4 is 5.32 Å². The molecule has 2 aromatic rings. The molecule has 0 aliphatic rings. The monoisotopic (exact) mass is 290 g/mol. The Labute approximate surface area is 124 Å². The molecule has 0 saturated heterocycles. The second-order valence-corrected chi connectivity index (χ2v) is 5.36. The maximum Gasteiger partial charge on any atom is 0.269 e. The molecule has 0 fully saturated rings. The molecule has 0 aromatic carbocycles. The van der Waals surface area contributed by atoms with Crippen molar-refractivity contribution in [1.82, 2.24) is 30.1 Å². The van der Waals surface area contributed by atoms with E-state index in [1.807, 2.05) is 13.0 Å². The molecule has 2 aromatic heterocycles. The van der Waals surface area contributed by atoms with Crippen LogP contribution in [0.2, 0.25) is 0 Å². The lowest BCUT2D eigenvalue weighted by molar-refractivity contribution is 0.0941. The summed E-state index contributed by atoms with van der Waals surface area (Å²) < 4.78 is 3.43. The average molecular weight is 290 g/mol. The molecule has 2 heterocycles. The molecule has 0 unspecified atom stereocenters. The van der Waals surface area contributed by atoms with E-state index in [0.29, 0.717) is 31.2 Å². The Hall–Kier alpha value is -2.18. The van der Waals surface area contributed by atoms with Crippen LogP contribution in [0.4, 0.5) is 0 Å². The van der Waals surface area contributed by atoms with Gasteiger partial charge in [0.2, 0.25) is 0 Å². The van der Waals surface area contributed by atoms with Crippen LogP contribution in [0.5, 0.6) is 0 Å². The topological polar surface area (TPSA) is 77.6 Å². The van der Waals surface area contributed by atoms with Crippen LogP contribution in [0.1, 0.15) is 37.0 Å². The van der Waals surface area contributed by atoms with Gasteiger partial charge in [-0.2, -0.15) is 5.10 Å². The minimum atomic E-state index is -0.0977. The van der Waals surface area contributed by atoms with Gasteiger partial charge < -0.3 is 5.32 Å². The Morgan fingerprint density at radius 1 is 1.43 bits per heavy atom. The van der Waals surface area contributed by atoms with Crippen LogP contribution in [-0.2, 0) is 19.5 Å². The molecular weight excluding hydrogens is 268 g/mol. The molecule has 0 aliphatic carbocycles. The predicted molar refractivity (Wildman–Crippen MR) is 78.8 cm³/mol. The number of aryl methyl sites for hydroxylation is 1. The van der Waals surface area contributed by atoms with E-state index in [1.54, 1.807) is 21.8 Å². The molecule has 0 atom stereocenters. The van der Waals surface area contributed by atoms with Gasteiger partial charge >= 0.3 is 0 Å². The maximum atomic E-state index is 12.2. The Morgan fingerprint density at radius 2 is 2.24 bits per heavy atom. The lowest BCUT2D eigenvalue weighted by Gasteiger charge is -2.06. The molecule has 2 rings (SSSR count). The van der Waals surface area contributed by atoms with Crippen LogP contribution in [0, 0.1) is 5.92 Å². The SMILES string of the molecule is CCn1nc(CC(C)C)cc1C(=O)NCCn1ccnn1. The fraction of sp³-hybridized carbons (Fsp3) is 0.571. The number of nitrogens with zero attached hydrogens (tertiary/aromatic N) is 5. The molecule has 0 spiro atoms.